The first-order valence-electron chi connectivity index (χ1n) is 12.0. The summed E-state index contributed by atoms with van der Waals surface area (Å²) in [5, 5.41) is 12.1. The second-order valence-corrected chi connectivity index (χ2v) is 10.6. The molecule has 0 unspecified atom stereocenters. The summed E-state index contributed by atoms with van der Waals surface area (Å²) in [7, 11) is 0. The fraction of sp³-hybridized carbons (Fsp3) is 0.259. The number of carbonyl (C=O) groups excluding carboxylic acids is 2. The van der Waals surface area contributed by atoms with Crippen molar-refractivity contribution in [2.45, 2.75) is 33.2 Å². The van der Waals surface area contributed by atoms with Crippen LogP contribution >= 0.6 is 23.4 Å². The molecule has 0 N–H and O–H groups in total. The van der Waals surface area contributed by atoms with E-state index in [1.807, 2.05) is 42.7 Å². The van der Waals surface area contributed by atoms with Gasteiger partial charge in [-0.1, -0.05) is 23.7 Å². The first-order chi connectivity index (χ1) is 17.7. The van der Waals surface area contributed by atoms with Crippen molar-refractivity contribution >= 4 is 52.0 Å². The average molecular weight is 537 g/mol. The number of imide groups is 1. The van der Waals surface area contributed by atoms with E-state index in [2.05, 4.69) is 4.90 Å². The maximum absolute atomic E-state index is 13.1. The Morgan fingerprint density at radius 3 is 2.54 bits per heavy atom. The molecule has 8 nitrogen and oxygen atoms in total. The number of nitro groups is 1. The van der Waals surface area contributed by atoms with Gasteiger partial charge in [-0.25, -0.2) is 0 Å². The van der Waals surface area contributed by atoms with Gasteiger partial charge < -0.3 is 9.47 Å². The van der Waals surface area contributed by atoms with Gasteiger partial charge in [-0.15, -0.1) is 0 Å². The van der Waals surface area contributed by atoms with E-state index in [1.165, 1.54) is 4.90 Å². The lowest BCUT2D eigenvalue weighted by molar-refractivity contribution is -0.384. The average Bonchev–Trinajstić information content (AvgIpc) is 3.55. The molecule has 37 heavy (non-hydrogen) atoms. The molecule has 2 fully saturated rings. The number of anilines is 1. The van der Waals surface area contributed by atoms with Gasteiger partial charge in [0.15, 0.2) is 0 Å². The minimum absolute atomic E-state index is 0.0792. The van der Waals surface area contributed by atoms with Crippen LogP contribution in [0.15, 0.2) is 53.4 Å². The molecule has 10 heteroatoms. The van der Waals surface area contributed by atoms with Gasteiger partial charge in [0.2, 0.25) is 0 Å². The summed E-state index contributed by atoms with van der Waals surface area (Å²) >= 11 is 6.95. The third kappa shape index (κ3) is 4.89. The van der Waals surface area contributed by atoms with Gasteiger partial charge in [0, 0.05) is 35.6 Å². The molecule has 2 aromatic carbocycles. The number of aromatic nitrogens is 1. The Morgan fingerprint density at radius 1 is 1.08 bits per heavy atom. The number of aryl methyl sites for hydroxylation is 1. The van der Waals surface area contributed by atoms with E-state index in [0.29, 0.717) is 21.3 Å². The standard InChI is InChI=1S/C27H25ClN4O4S/c1-17-12-20(14-25-26(33)30(27(34)37-25)16-19-6-5-7-21(28)13-19)18(2)31(17)22-8-9-23(24(15-22)32(35)36)29-10-3-4-11-29/h5-9,12-15H,3-4,10-11,16H2,1-2H3/b25-14-. The summed E-state index contributed by atoms with van der Waals surface area (Å²) in [6.45, 7) is 5.59. The van der Waals surface area contributed by atoms with E-state index >= 15 is 0 Å². The number of halogens is 1. The predicted molar refractivity (Wildman–Crippen MR) is 146 cm³/mol. The molecular formula is C27H25ClN4O4S. The molecule has 190 valence electrons. The van der Waals surface area contributed by atoms with Crippen LogP contribution in [0.4, 0.5) is 16.2 Å². The molecule has 0 aliphatic carbocycles. The highest BCUT2D eigenvalue weighted by Gasteiger charge is 2.35. The Bertz CT molecular complexity index is 1460. The third-order valence-corrected chi connectivity index (χ3v) is 7.86. The molecule has 2 aliphatic rings. The molecule has 5 rings (SSSR count). The van der Waals surface area contributed by atoms with E-state index in [1.54, 1.807) is 30.3 Å². The SMILES string of the molecule is Cc1cc(/C=C2\SC(=O)N(Cc3cccc(Cl)c3)C2=O)c(C)n1-c1ccc(N2CCCC2)c([N+](=O)[O-])c1. The number of benzene rings is 2. The summed E-state index contributed by atoms with van der Waals surface area (Å²) in [4.78, 5) is 40.8. The summed E-state index contributed by atoms with van der Waals surface area (Å²) < 4.78 is 1.93. The largest absolute Gasteiger partial charge is 0.366 e. The van der Waals surface area contributed by atoms with E-state index in [-0.39, 0.29) is 28.3 Å². The van der Waals surface area contributed by atoms with E-state index in [4.69, 9.17) is 11.6 Å². The van der Waals surface area contributed by atoms with Crippen molar-refractivity contribution in [3.63, 3.8) is 0 Å². The topological polar surface area (TPSA) is 88.7 Å². The number of hydrogen-bond donors (Lipinski definition) is 0. The lowest BCUT2D eigenvalue weighted by Crippen LogP contribution is -2.27. The zero-order valence-corrected chi connectivity index (χ0v) is 22.0. The van der Waals surface area contributed by atoms with Crippen molar-refractivity contribution in [1.29, 1.82) is 0 Å². The van der Waals surface area contributed by atoms with E-state index in [9.17, 15) is 19.7 Å². The van der Waals surface area contributed by atoms with Gasteiger partial charge >= 0.3 is 0 Å². The van der Waals surface area contributed by atoms with Crippen molar-refractivity contribution in [3.8, 4) is 5.69 Å². The highest BCUT2D eigenvalue weighted by Crippen LogP contribution is 2.37. The number of carbonyl (C=O) groups is 2. The predicted octanol–water partition coefficient (Wildman–Crippen LogP) is 6.49. The molecule has 1 aromatic heterocycles. The molecule has 3 aromatic rings. The minimum Gasteiger partial charge on any atom is -0.366 e. The highest BCUT2D eigenvalue weighted by molar-refractivity contribution is 8.18. The van der Waals surface area contributed by atoms with Crippen LogP contribution in [0.25, 0.3) is 11.8 Å². The Morgan fingerprint density at radius 2 is 1.84 bits per heavy atom. The maximum Gasteiger partial charge on any atom is 0.294 e. The van der Waals surface area contributed by atoms with E-state index in [0.717, 1.165) is 60.2 Å². The molecule has 0 spiro atoms. The van der Waals surface area contributed by atoms with Crippen molar-refractivity contribution in [3.05, 3.63) is 91.1 Å². The first-order valence-corrected chi connectivity index (χ1v) is 13.1. The van der Waals surface area contributed by atoms with Crippen molar-refractivity contribution in [1.82, 2.24) is 9.47 Å². The Kier molecular flexibility index (Phi) is 6.83. The number of rotatable bonds is 6. The zero-order chi connectivity index (χ0) is 26.3. The maximum atomic E-state index is 13.1. The molecule has 2 amide bonds. The lowest BCUT2D eigenvalue weighted by atomic mass is 10.2. The Labute approximate surface area is 223 Å². The number of nitro benzene ring substituents is 1. The van der Waals surface area contributed by atoms with Gasteiger partial charge in [0.05, 0.1) is 22.1 Å². The van der Waals surface area contributed by atoms with Crippen LogP contribution < -0.4 is 4.90 Å². The summed E-state index contributed by atoms with van der Waals surface area (Å²) in [5.74, 6) is -0.356. The smallest absolute Gasteiger partial charge is 0.294 e. The van der Waals surface area contributed by atoms with Gasteiger partial charge in [-0.3, -0.25) is 24.6 Å². The van der Waals surface area contributed by atoms with Crippen LogP contribution in [-0.4, -0.2) is 38.6 Å². The van der Waals surface area contributed by atoms with E-state index < -0.39 is 0 Å². The Hall–Kier alpha value is -3.56. The molecule has 3 heterocycles. The normalized spacial score (nSPS) is 16.9. The fourth-order valence-electron chi connectivity index (χ4n) is 4.95. The first kappa shape index (κ1) is 25.1. The molecule has 0 bridgehead atoms. The second kappa shape index (κ2) is 10.1. The quantitative estimate of drug-likeness (QED) is 0.203. The zero-order valence-electron chi connectivity index (χ0n) is 20.4. The van der Waals surface area contributed by atoms with Gasteiger partial charge in [-0.2, -0.15) is 0 Å². The number of nitrogens with zero attached hydrogens (tertiary/aromatic N) is 4. The van der Waals surface area contributed by atoms with Crippen LogP contribution in [0.2, 0.25) is 5.02 Å². The van der Waals surface area contributed by atoms with Crippen molar-refractivity contribution in [2.75, 3.05) is 18.0 Å². The van der Waals surface area contributed by atoms with Gasteiger partial charge in [0.1, 0.15) is 5.69 Å². The van der Waals surface area contributed by atoms with Crippen LogP contribution in [0.5, 0.6) is 0 Å². The van der Waals surface area contributed by atoms with Crippen molar-refractivity contribution < 1.29 is 14.5 Å². The summed E-state index contributed by atoms with van der Waals surface area (Å²) in [5.41, 5.74) is 4.63. The van der Waals surface area contributed by atoms with Crippen LogP contribution in [0, 0.1) is 24.0 Å². The highest BCUT2D eigenvalue weighted by atomic mass is 35.5. The molecular weight excluding hydrogens is 512 g/mol. The van der Waals surface area contributed by atoms with Crippen molar-refractivity contribution in [2.24, 2.45) is 0 Å². The van der Waals surface area contributed by atoms with Crippen LogP contribution in [0.1, 0.15) is 35.4 Å². The third-order valence-electron chi connectivity index (χ3n) is 6.72. The summed E-state index contributed by atoms with van der Waals surface area (Å²) in [6.07, 6.45) is 3.78. The second-order valence-electron chi connectivity index (χ2n) is 9.18. The molecule has 0 atom stereocenters. The number of thioether (sulfide) groups is 1. The number of hydrogen-bond acceptors (Lipinski definition) is 6. The van der Waals surface area contributed by atoms with Crippen LogP contribution in [0.3, 0.4) is 0 Å². The molecule has 2 aliphatic heterocycles. The monoisotopic (exact) mass is 536 g/mol. The van der Waals surface area contributed by atoms with Gasteiger partial charge in [0.25, 0.3) is 16.8 Å². The number of amides is 2. The van der Waals surface area contributed by atoms with Crippen LogP contribution in [-0.2, 0) is 11.3 Å². The lowest BCUT2D eigenvalue weighted by Gasteiger charge is -2.19. The van der Waals surface area contributed by atoms with Gasteiger partial charge in [-0.05, 0) is 86.0 Å². The minimum atomic E-state index is -0.356. The molecule has 0 radical (unpaired) electrons. The molecule has 2 saturated heterocycles. The fourth-order valence-corrected chi connectivity index (χ4v) is 5.99. The summed E-state index contributed by atoms with van der Waals surface area (Å²) in [6, 6.07) is 14.3. The Balaban J connectivity index is 1.45. The molecule has 0 saturated carbocycles.